The second-order valence-corrected chi connectivity index (χ2v) is 6.39. The fourth-order valence-electron chi connectivity index (χ4n) is 2.38. The zero-order valence-electron chi connectivity index (χ0n) is 13.7. The lowest BCUT2D eigenvalue weighted by molar-refractivity contribution is -0.387. The summed E-state index contributed by atoms with van der Waals surface area (Å²) in [5, 5.41) is 14.0. The minimum Gasteiger partial charge on any atom is -0.350 e. The van der Waals surface area contributed by atoms with Crippen molar-refractivity contribution in [3.05, 3.63) is 69.8 Å². The number of hydrogen-bond donors (Lipinski definition) is 1. The molecule has 0 aliphatic heterocycles. The van der Waals surface area contributed by atoms with Gasteiger partial charge in [-0.15, -0.1) is 11.8 Å². The summed E-state index contributed by atoms with van der Waals surface area (Å²) in [7, 11) is 0. The van der Waals surface area contributed by atoms with Gasteiger partial charge in [-0.05, 0) is 43.7 Å². The van der Waals surface area contributed by atoms with Crippen molar-refractivity contribution < 1.29 is 9.72 Å². The quantitative estimate of drug-likeness (QED) is 0.467. The molecule has 0 unspecified atom stereocenters. The number of rotatable bonds is 7. The van der Waals surface area contributed by atoms with Gasteiger partial charge in [-0.1, -0.05) is 30.3 Å². The van der Waals surface area contributed by atoms with E-state index in [9.17, 15) is 14.9 Å². The van der Waals surface area contributed by atoms with Crippen LogP contribution in [0.1, 0.15) is 29.3 Å². The number of nitro groups is 1. The van der Waals surface area contributed by atoms with Crippen molar-refractivity contribution in [1.82, 2.24) is 5.32 Å². The first kappa shape index (κ1) is 18.0. The van der Waals surface area contributed by atoms with Gasteiger partial charge in [-0.25, -0.2) is 0 Å². The maximum Gasteiger partial charge on any atom is 0.283 e. The third kappa shape index (κ3) is 4.83. The third-order valence-electron chi connectivity index (χ3n) is 3.72. The Morgan fingerprint density at radius 3 is 2.58 bits per heavy atom. The molecule has 0 bridgehead atoms. The summed E-state index contributed by atoms with van der Waals surface area (Å²) < 4.78 is 0. The van der Waals surface area contributed by atoms with E-state index in [1.54, 1.807) is 18.4 Å². The molecule has 5 nitrogen and oxygen atoms in total. The number of nitrogens with one attached hydrogen (secondary N) is 1. The molecule has 0 aliphatic carbocycles. The molecule has 0 saturated heterocycles. The monoisotopic (exact) mass is 344 g/mol. The molecule has 24 heavy (non-hydrogen) atoms. The van der Waals surface area contributed by atoms with Crippen LogP contribution < -0.4 is 5.32 Å². The van der Waals surface area contributed by atoms with E-state index in [0.29, 0.717) is 10.5 Å². The molecule has 0 heterocycles. The van der Waals surface area contributed by atoms with Gasteiger partial charge < -0.3 is 5.32 Å². The Balaban J connectivity index is 1.98. The number of hydrogen-bond acceptors (Lipinski definition) is 4. The second kappa shape index (κ2) is 8.49. The molecule has 2 aromatic carbocycles. The van der Waals surface area contributed by atoms with E-state index in [-0.39, 0.29) is 17.6 Å². The average Bonchev–Trinajstić information content (AvgIpc) is 2.60. The lowest BCUT2D eigenvalue weighted by Crippen LogP contribution is -2.32. The highest BCUT2D eigenvalue weighted by Crippen LogP contribution is 2.28. The molecule has 0 spiro atoms. The molecule has 6 heteroatoms. The van der Waals surface area contributed by atoms with E-state index < -0.39 is 4.92 Å². The van der Waals surface area contributed by atoms with Gasteiger partial charge in [-0.2, -0.15) is 0 Å². The van der Waals surface area contributed by atoms with E-state index in [4.69, 9.17) is 0 Å². The lowest BCUT2D eigenvalue weighted by Gasteiger charge is -2.14. The van der Waals surface area contributed by atoms with E-state index in [1.807, 2.05) is 25.1 Å². The van der Waals surface area contributed by atoms with E-state index in [0.717, 1.165) is 12.8 Å². The third-order valence-corrected chi connectivity index (χ3v) is 4.51. The van der Waals surface area contributed by atoms with E-state index >= 15 is 0 Å². The van der Waals surface area contributed by atoms with Crippen LogP contribution >= 0.6 is 11.8 Å². The number of amides is 1. The SMILES string of the molecule is CSc1ccc(C(=O)N[C@H](C)CCc2ccccc2)cc1[N+](=O)[O-]. The van der Waals surface area contributed by atoms with Crippen LogP contribution in [0, 0.1) is 10.1 Å². The number of benzene rings is 2. The second-order valence-electron chi connectivity index (χ2n) is 5.54. The molecule has 0 radical (unpaired) electrons. The summed E-state index contributed by atoms with van der Waals surface area (Å²) in [5.74, 6) is -0.286. The highest BCUT2D eigenvalue weighted by molar-refractivity contribution is 7.98. The Labute approximate surface area is 145 Å². The molecule has 2 rings (SSSR count). The zero-order valence-corrected chi connectivity index (χ0v) is 14.5. The van der Waals surface area contributed by atoms with Crippen molar-refractivity contribution in [1.29, 1.82) is 0 Å². The molecule has 2 aromatic rings. The lowest BCUT2D eigenvalue weighted by atomic mass is 10.1. The molecule has 0 fully saturated rings. The summed E-state index contributed by atoms with van der Waals surface area (Å²) in [6.07, 6.45) is 3.45. The van der Waals surface area contributed by atoms with Crippen molar-refractivity contribution in [2.24, 2.45) is 0 Å². The predicted octanol–water partition coefficient (Wildman–Crippen LogP) is 4.07. The molecule has 0 saturated carbocycles. The topological polar surface area (TPSA) is 72.2 Å². The highest BCUT2D eigenvalue weighted by Gasteiger charge is 2.18. The number of carbonyl (C=O) groups is 1. The first-order valence-corrected chi connectivity index (χ1v) is 8.91. The van der Waals surface area contributed by atoms with Crippen molar-refractivity contribution in [2.45, 2.75) is 30.7 Å². The summed E-state index contributed by atoms with van der Waals surface area (Å²) >= 11 is 1.29. The molecule has 0 aliphatic rings. The molecule has 0 aromatic heterocycles. The molecule has 1 atom stereocenters. The van der Waals surface area contributed by atoms with Crippen molar-refractivity contribution in [3.63, 3.8) is 0 Å². The number of carbonyl (C=O) groups excluding carboxylic acids is 1. The summed E-state index contributed by atoms with van der Waals surface area (Å²) in [4.78, 5) is 23.5. The minimum absolute atomic E-state index is 0.0167. The Morgan fingerprint density at radius 1 is 1.25 bits per heavy atom. The van der Waals surface area contributed by atoms with Crippen LogP contribution in [0.3, 0.4) is 0 Å². The van der Waals surface area contributed by atoms with Crippen molar-refractivity contribution >= 4 is 23.4 Å². The molecular formula is C18H20N2O3S. The van der Waals surface area contributed by atoms with E-state index in [2.05, 4.69) is 17.4 Å². The first-order valence-electron chi connectivity index (χ1n) is 7.68. The van der Waals surface area contributed by atoms with Crippen molar-refractivity contribution in [3.8, 4) is 0 Å². The summed E-state index contributed by atoms with van der Waals surface area (Å²) in [6.45, 7) is 1.94. The fourth-order valence-corrected chi connectivity index (χ4v) is 2.93. The molecule has 1 amide bonds. The molecular weight excluding hydrogens is 324 g/mol. The summed E-state index contributed by atoms with van der Waals surface area (Å²) in [5.41, 5.74) is 1.50. The van der Waals surface area contributed by atoms with Crippen LogP contribution in [0.5, 0.6) is 0 Å². The summed E-state index contributed by atoms with van der Waals surface area (Å²) in [6, 6.07) is 14.6. The Kier molecular flexibility index (Phi) is 6.37. The van der Waals surface area contributed by atoms with Gasteiger partial charge in [0.15, 0.2) is 0 Å². The number of nitro benzene ring substituents is 1. The van der Waals surface area contributed by atoms with Gasteiger partial charge in [-0.3, -0.25) is 14.9 Å². The van der Waals surface area contributed by atoms with Gasteiger partial charge in [0.1, 0.15) is 0 Å². The van der Waals surface area contributed by atoms with Crippen LogP contribution in [0.4, 0.5) is 5.69 Å². The van der Waals surface area contributed by atoms with Crippen LogP contribution in [-0.2, 0) is 6.42 Å². The van der Waals surface area contributed by atoms with Crippen molar-refractivity contribution in [2.75, 3.05) is 6.26 Å². The molecule has 126 valence electrons. The first-order chi connectivity index (χ1) is 11.5. The van der Waals surface area contributed by atoms with Crippen LogP contribution in [0.15, 0.2) is 53.4 Å². The zero-order chi connectivity index (χ0) is 17.5. The van der Waals surface area contributed by atoms with Crippen LogP contribution in [0.2, 0.25) is 0 Å². The van der Waals surface area contributed by atoms with E-state index in [1.165, 1.54) is 23.4 Å². The minimum atomic E-state index is -0.457. The Bertz CT molecular complexity index is 719. The number of nitrogens with zero attached hydrogens (tertiary/aromatic N) is 1. The molecule has 1 N–H and O–H groups in total. The van der Waals surface area contributed by atoms with Gasteiger partial charge >= 0.3 is 0 Å². The highest BCUT2D eigenvalue weighted by atomic mass is 32.2. The maximum atomic E-state index is 12.3. The Hall–Kier alpha value is -2.34. The predicted molar refractivity (Wildman–Crippen MR) is 96.6 cm³/mol. The van der Waals surface area contributed by atoms with Crippen LogP contribution in [-0.4, -0.2) is 23.1 Å². The van der Waals surface area contributed by atoms with Crippen LogP contribution in [0.25, 0.3) is 0 Å². The maximum absolute atomic E-state index is 12.3. The largest absolute Gasteiger partial charge is 0.350 e. The van der Waals surface area contributed by atoms with Gasteiger partial charge in [0.05, 0.1) is 9.82 Å². The van der Waals surface area contributed by atoms with Gasteiger partial charge in [0, 0.05) is 17.7 Å². The number of thioether (sulfide) groups is 1. The van der Waals surface area contributed by atoms with Gasteiger partial charge in [0.2, 0.25) is 0 Å². The normalized spacial score (nSPS) is 11.8. The Morgan fingerprint density at radius 2 is 1.96 bits per heavy atom. The average molecular weight is 344 g/mol. The standard InChI is InChI=1S/C18H20N2O3S/c1-13(8-9-14-6-4-3-5-7-14)19-18(21)15-10-11-17(24-2)16(12-15)20(22)23/h3-7,10-13H,8-9H2,1-2H3,(H,19,21)/t13-/m1/s1. The fraction of sp³-hybridized carbons (Fsp3) is 0.278. The number of aryl methyl sites for hydroxylation is 1. The van der Waals surface area contributed by atoms with Gasteiger partial charge in [0.25, 0.3) is 11.6 Å². The smallest absolute Gasteiger partial charge is 0.283 e.